The number of piperidine rings is 1. The summed E-state index contributed by atoms with van der Waals surface area (Å²) in [4.78, 5) is 14.3. The normalized spacial score (nSPS) is 19.5. The van der Waals surface area contributed by atoms with E-state index in [1.54, 1.807) is 0 Å². The van der Waals surface area contributed by atoms with Gasteiger partial charge in [-0.2, -0.15) is 0 Å². The maximum atomic E-state index is 11.8. The standard InChI is InChI=1S/C24H27Cl2NO3/c1-15-12-18(30-14-19-20(25)4-3-5-21(19)26)13-17-6-7-22(23(15)17)27-10-8-16(9-11-27)24(28)29-2/h3-5,12-13,16,22H,6-11,14H2,1-2H3. The zero-order valence-electron chi connectivity index (χ0n) is 17.4. The first-order chi connectivity index (χ1) is 14.5. The molecule has 0 radical (unpaired) electrons. The molecule has 0 spiro atoms. The molecule has 1 saturated heterocycles. The van der Waals surface area contributed by atoms with E-state index in [1.807, 2.05) is 18.2 Å². The smallest absolute Gasteiger partial charge is 0.308 e. The maximum absolute atomic E-state index is 11.8. The Balaban J connectivity index is 1.45. The van der Waals surface area contributed by atoms with Crippen molar-refractivity contribution in [1.82, 2.24) is 4.90 Å². The van der Waals surface area contributed by atoms with E-state index in [0.717, 1.165) is 50.1 Å². The molecule has 4 nitrogen and oxygen atoms in total. The Morgan fingerprint density at radius 1 is 1.13 bits per heavy atom. The quantitative estimate of drug-likeness (QED) is 0.546. The maximum Gasteiger partial charge on any atom is 0.308 e. The number of methoxy groups -OCH3 is 1. The molecule has 2 aromatic rings. The number of rotatable bonds is 5. The predicted molar refractivity (Wildman–Crippen MR) is 119 cm³/mol. The van der Waals surface area contributed by atoms with Crippen molar-refractivity contribution in [3.8, 4) is 5.75 Å². The second-order valence-electron chi connectivity index (χ2n) is 8.19. The molecule has 0 aromatic heterocycles. The van der Waals surface area contributed by atoms with Crippen LogP contribution in [0.3, 0.4) is 0 Å². The van der Waals surface area contributed by atoms with Gasteiger partial charge in [0, 0.05) is 21.7 Å². The monoisotopic (exact) mass is 447 g/mol. The zero-order chi connectivity index (χ0) is 21.3. The molecule has 0 amide bonds. The lowest BCUT2D eigenvalue weighted by Crippen LogP contribution is -2.38. The van der Waals surface area contributed by atoms with Crippen LogP contribution in [0, 0.1) is 12.8 Å². The molecule has 1 atom stereocenters. The van der Waals surface area contributed by atoms with Gasteiger partial charge < -0.3 is 9.47 Å². The highest BCUT2D eigenvalue weighted by atomic mass is 35.5. The average molecular weight is 448 g/mol. The largest absolute Gasteiger partial charge is 0.489 e. The minimum absolute atomic E-state index is 0.0423. The Bertz CT molecular complexity index is 918. The molecule has 4 rings (SSSR count). The van der Waals surface area contributed by atoms with E-state index in [2.05, 4.69) is 24.0 Å². The second kappa shape index (κ2) is 9.17. The summed E-state index contributed by atoms with van der Waals surface area (Å²) in [6, 6.07) is 10.2. The summed E-state index contributed by atoms with van der Waals surface area (Å²) >= 11 is 12.5. The fourth-order valence-electron chi connectivity index (χ4n) is 4.84. The molecule has 1 fully saturated rings. The third-order valence-electron chi connectivity index (χ3n) is 6.42. The first-order valence-electron chi connectivity index (χ1n) is 10.5. The average Bonchev–Trinajstić information content (AvgIpc) is 3.17. The number of halogens is 2. The number of carbonyl (C=O) groups excluding carboxylic acids is 1. The summed E-state index contributed by atoms with van der Waals surface area (Å²) in [6.45, 7) is 4.38. The van der Waals surface area contributed by atoms with Gasteiger partial charge in [0.15, 0.2) is 0 Å². The van der Waals surface area contributed by atoms with Crippen molar-refractivity contribution in [3.63, 3.8) is 0 Å². The molecule has 0 N–H and O–H groups in total. The highest BCUT2D eigenvalue weighted by Gasteiger charge is 2.34. The van der Waals surface area contributed by atoms with Crippen LogP contribution in [0.1, 0.15) is 47.6 Å². The minimum atomic E-state index is -0.0712. The Labute approximate surface area is 188 Å². The lowest BCUT2D eigenvalue weighted by molar-refractivity contribution is -0.147. The Hall–Kier alpha value is -1.75. The van der Waals surface area contributed by atoms with E-state index < -0.39 is 0 Å². The van der Waals surface area contributed by atoms with Crippen molar-refractivity contribution < 1.29 is 14.3 Å². The van der Waals surface area contributed by atoms with Crippen molar-refractivity contribution in [3.05, 3.63) is 62.6 Å². The SMILES string of the molecule is COC(=O)C1CCN(C2CCc3cc(OCc4c(Cl)cccc4Cl)cc(C)c32)CC1. The summed E-state index contributed by atoms with van der Waals surface area (Å²) in [5, 5.41) is 1.24. The number of benzene rings is 2. The van der Waals surface area contributed by atoms with Crippen molar-refractivity contribution >= 4 is 29.2 Å². The van der Waals surface area contributed by atoms with E-state index >= 15 is 0 Å². The van der Waals surface area contributed by atoms with Crippen molar-refractivity contribution in [2.75, 3.05) is 20.2 Å². The molecule has 30 heavy (non-hydrogen) atoms. The molecule has 2 aromatic carbocycles. The van der Waals surface area contributed by atoms with Gasteiger partial charge in [-0.15, -0.1) is 0 Å². The highest BCUT2D eigenvalue weighted by Crippen LogP contribution is 2.41. The summed E-state index contributed by atoms with van der Waals surface area (Å²) < 4.78 is 11.0. The molecule has 0 bridgehead atoms. The number of fused-ring (bicyclic) bond motifs is 1. The number of esters is 1. The van der Waals surface area contributed by atoms with Gasteiger partial charge in [0.05, 0.1) is 13.0 Å². The Morgan fingerprint density at radius 3 is 2.50 bits per heavy atom. The molecule has 1 heterocycles. The minimum Gasteiger partial charge on any atom is -0.489 e. The molecule has 1 aliphatic heterocycles. The van der Waals surface area contributed by atoms with Crippen molar-refractivity contribution in [2.45, 2.75) is 45.3 Å². The van der Waals surface area contributed by atoms with E-state index in [4.69, 9.17) is 32.7 Å². The van der Waals surface area contributed by atoms with Gasteiger partial charge in [0.25, 0.3) is 0 Å². The summed E-state index contributed by atoms with van der Waals surface area (Å²) in [5.41, 5.74) is 4.85. The lowest BCUT2D eigenvalue weighted by atomic mass is 9.93. The van der Waals surface area contributed by atoms with E-state index in [9.17, 15) is 4.79 Å². The number of likely N-dealkylation sites (tertiary alicyclic amines) is 1. The second-order valence-corrected chi connectivity index (χ2v) is 9.00. The van der Waals surface area contributed by atoms with Gasteiger partial charge in [-0.3, -0.25) is 9.69 Å². The van der Waals surface area contributed by atoms with Gasteiger partial charge in [-0.05, 0) is 86.7 Å². The van der Waals surface area contributed by atoms with Crippen LogP contribution in [0.4, 0.5) is 0 Å². The number of nitrogens with zero attached hydrogens (tertiary/aromatic N) is 1. The van der Waals surface area contributed by atoms with Crippen LogP contribution >= 0.6 is 23.2 Å². The van der Waals surface area contributed by atoms with Crippen molar-refractivity contribution in [2.24, 2.45) is 5.92 Å². The zero-order valence-corrected chi connectivity index (χ0v) is 18.9. The third-order valence-corrected chi connectivity index (χ3v) is 7.12. The molecular formula is C24H27Cl2NO3. The molecule has 1 aliphatic carbocycles. The van der Waals surface area contributed by atoms with Crippen LogP contribution in [0.5, 0.6) is 5.75 Å². The number of carbonyl (C=O) groups is 1. The Morgan fingerprint density at radius 2 is 1.83 bits per heavy atom. The predicted octanol–water partition coefficient (Wildman–Crippen LogP) is 5.75. The number of hydrogen-bond acceptors (Lipinski definition) is 4. The number of hydrogen-bond donors (Lipinski definition) is 0. The van der Waals surface area contributed by atoms with Crippen LogP contribution in [0.2, 0.25) is 10.0 Å². The first-order valence-corrected chi connectivity index (χ1v) is 11.2. The molecule has 2 aliphatic rings. The lowest BCUT2D eigenvalue weighted by Gasteiger charge is -2.36. The third kappa shape index (κ3) is 4.32. The van der Waals surface area contributed by atoms with Crippen LogP contribution < -0.4 is 4.74 Å². The number of aryl methyl sites for hydroxylation is 2. The number of ether oxygens (including phenoxy) is 2. The van der Waals surface area contributed by atoms with Gasteiger partial charge in [-0.1, -0.05) is 29.3 Å². The molecule has 6 heteroatoms. The van der Waals surface area contributed by atoms with E-state index in [-0.39, 0.29) is 11.9 Å². The highest BCUT2D eigenvalue weighted by molar-refractivity contribution is 6.35. The molecule has 160 valence electrons. The van der Waals surface area contributed by atoms with E-state index in [1.165, 1.54) is 23.8 Å². The van der Waals surface area contributed by atoms with Crippen LogP contribution in [-0.2, 0) is 22.6 Å². The van der Waals surface area contributed by atoms with Gasteiger partial charge in [0.1, 0.15) is 12.4 Å². The summed E-state index contributed by atoms with van der Waals surface area (Å²) in [6.07, 6.45) is 3.90. The van der Waals surface area contributed by atoms with Crippen LogP contribution in [0.15, 0.2) is 30.3 Å². The van der Waals surface area contributed by atoms with Crippen LogP contribution in [0.25, 0.3) is 0 Å². The van der Waals surface area contributed by atoms with Gasteiger partial charge in [-0.25, -0.2) is 0 Å². The Kier molecular flexibility index (Phi) is 6.57. The van der Waals surface area contributed by atoms with Crippen molar-refractivity contribution in [1.29, 1.82) is 0 Å². The molecule has 1 unspecified atom stereocenters. The van der Waals surface area contributed by atoms with E-state index in [0.29, 0.717) is 22.7 Å². The topological polar surface area (TPSA) is 38.8 Å². The summed E-state index contributed by atoms with van der Waals surface area (Å²) in [5.74, 6) is 0.825. The first kappa shape index (κ1) is 21.5. The summed E-state index contributed by atoms with van der Waals surface area (Å²) in [7, 11) is 1.48. The fraction of sp³-hybridized carbons (Fsp3) is 0.458. The molecule has 0 saturated carbocycles. The fourth-order valence-corrected chi connectivity index (χ4v) is 5.35. The van der Waals surface area contributed by atoms with Gasteiger partial charge >= 0.3 is 5.97 Å². The van der Waals surface area contributed by atoms with Crippen LogP contribution in [-0.4, -0.2) is 31.1 Å². The van der Waals surface area contributed by atoms with Gasteiger partial charge in [0.2, 0.25) is 0 Å². The molecular weight excluding hydrogens is 421 g/mol.